The van der Waals surface area contributed by atoms with Crippen molar-refractivity contribution in [3.8, 4) is 0 Å². The van der Waals surface area contributed by atoms with Gasteiger partial charge in [-0.15, -0.1) is 0 Å². The summed E-state index contributed by atoms with van der Waals surface area (Å²) in [5.74, 6) is -0.166. The summed E-state index contributed by atoms with van der Waals surface area (Å²) in [5, 5.41) is 12.7. The lowest BCUT2D eigenvalue weighted by Gasteiger charge is -2.36. The third kappa shape index (κ3) is 3.85. The van der Waals surface area contributed by atoms with Crippen molar-refractivity contribution < 1.29 is 9.90 Å². The molecule has 1 aliphatic carbocycles. The predicted molar refractivity (Wildman–Crippen MR) is 81.4 cm³/mol. The lowest BCUT2D eigenvalue weighted by atomic mass is 9.91. The van der Waals surface area contributed by atoms with Crippen molar-refractivity contribution >= 4 is 34.8 Å². The second kappa shape index (κ2) is 7.27. The minimum Gasteiger partial charge on any atom is -0.395 e. The smallest absolute Gasteiger partial charge is 0.238 e. The molecule has 1 fully saturated rings. The van der Waals surface area contributed by atoms with Crippen molar-refractivity contribution in [3.05, 3.63) is 28.2 Å². The monoisotopic (exact) mass is 316 g/mol. The van der Waals surface area contributed by atoms with Crippen LogP contribution in [0.4, 0.5) is 5.69 Å². The normalized spacial score (nSPS) is 15.2. The molecule has 0 radical (unpaired) electrons. The first-order valence-corrected chi connectivity index (χ1v) is 7.46. The van der Waals surface area contributed by atoms with E-state index in [2.05, 4.69) is 5.32 Å². The van der Waals surface area contributed by atoms with Crippen LogP contribution in [0.1, 0.15) is 19.3 Å². The highest BCUT2D eigenvalue weighted by Crippen LogP contribution is 2.30. The fourth-order valence-corrected chi connectivity index (χ4v) is 2.74. The molecule has 0 bridgehead atoms. The van der Waals surface area contributed by atoms with Crippen LogP contribution in [-0.4, -0.2) is 41.7 Å². The lowest BCUT2D eigenvalue weighted by molar-refractivity contribution is -0.118. The van der Waals surface area contributed by atoms with E-state index >= 15 is 0 Å². The van der Waals surface area contributed by atoms with Crippen molar-refractivity contribution in [2.75, 3.05) is 25.0 Å². The molecule has 110 valence electrons. The van der Waals surface area contributed by atoms with Gasteiger partial charge in [-0.1, -0.05) is 35.7 Å². The second-order valence-corrected chi connectivity index (χ2v) is 5.74. The number of hydrogen-bond acceptors (Lipinski definition) is 3. The van der Waals surface area contributed by atoms with Gasteiger partial charge in [-0.05, 0) is 25.0 Å². The molecule has 0 unspecified atom stereocenters. The highest BCUT2D eigenvalue weighted by atomic mass is 35.5. The molecule has 0 aromatic heterocycles. The molecule has 0 spiro atoms. The van der Waals surface area contributed by atoms with Gasteiger partial charge in [0, 0.05) is 12.6 Å². The Morgan fingerprint density at radius 1 is 1.35 bits per heavy atom. The zero-order chi connectivity index (χ0) is 14.5. The Balaban J connectivity index is 1.96. The van der Waals surface area contributed by atoms with Crippen molar-refractivity contribution in [2.24, 2.45) is 0 Å². The van der Waals surface area contributed by atoms with Gasteiger partial charge in [0.2, 0.25) is 5.91 Å². The van der Waals surface area contributed by atoms with Crippen LogP contribution in [0.3, 0.4) is 0 Å². The fraction of sp³-hybridized carbons (Fsp3) is 0.500. The van der Waals surface area contributed by atoms with E-state index in [1.807, 2.05) is 4.90 Å². The molecule has 0 aliphatic heterocycles. The number of amides is 1. The Hall–Kier alpha value is -0.810. The molecule has 6 heteroatoms. The van der Waals surface area contributed by atoms with Crippen molar-refractivity contribution in [3.63, 3.8) is 0 Å². The van der Waals surface area contributed by atoms with Crippen LogP contribution in [-0.2, 0) is 4.79 Å². The van der Waals surface area contributed by atoms with Crippen LogP contribution in [0.2, 0.25) is 10.0 Å². The summed E-state index contributed by atoms with van der Waals surface area (Å²) in [6.45, 7) is 0.803. The van der Waals surface area contributed by atoms with E-state index in [-0.39, 0.29) is 19.1 Å². The largest absolute Gasteiger partial charge is 0.395 e. The van der Waals surface area contributed by atoms with Crippen LogP contribution in [0, 0.1) is 0 Å². The first kappa shape index (κ1) is 15.6. The quantitative estimate of drug-likeness (QED) is 0.848. The SMILES string of the molecule is O=C(CN(CCO)C1CCC1)Nc1c(Cl)cccc1Cl. The second-order valence-electron chi connectivity index (χ2n) is 4.92. The molecular weight excluding hydrogens is 299 g/mol. The Labute approximate surface area is 128 Å². The molecule has 1 aromatic carbocycles. The number of hydrogen-bond donors (Lipinski definition) is 2. The average Bonchev–Trinajstić information content (AvgIpc) is 2.32. The number of nitrogens with zero attached hydrogens (tertiary/aromatic N) is 1. The third-order valence-corrected chi connectivity index (χ3v) is 4.18. The zero-order valence-electron chi connectivity index (χ0n) is 11.1. The van der Waals surface area contributed by atoms with Gasteiger partial charge in [-0.25, -0.2) is 0 Å². The minimum absolute atomic E-state index is 0.0522. The predicted octanol–water partition coefficient (Wildman–Crippen LogP) is 2.78. The van der Waals surface area contributed by atoms with E-state index in [0.29, 0.717) is 28.3 Å². The number of para-hydroxylation sites is 1. The number of benzene rings is 1. The molecule has 20 heavy (non-hydrogen) atoms. The topological polar surface area (TPSA) is 52.6 Å². The third-order valence-electron chi connectivity index (χ3n) is 3.55. The summed E-state index contributed by atoms with van der Waals surface area (Å²) in [5.41, 5.74) is 0.443. The van der Waals surface area contributed by atoms with E-state index in [0.717, 1.165) is 12.8 Å². The Kier molecular flexibility index (Phi) is 5.66. The van der Waals surface area contributed by atoms with Gasteiger partial charge in [0.25, 0.3) is 0 Å². The van der Waals surface area contributed by atoms with Gasteiger partial charge in [-0.2, -0.15) is 0 Å². The van der Waals surface area contributed by atoms with Gasteiger partial charge in [0.05, 0.1) is 28.9 Å². The molecule has 4 nitrogen and oxygen atoms in total. The maximum Gasteiger partial charge on any atom is 0.238 e. The molecule has 1 saturated carbocycles. The van der Waals surface area contributed by atoms with E-state index < -0.39 is 0 Å². The molecule has 1 amide bonds. The summed E-state index contributed by atoms with van der Waals surface area (Å²) in [6, 6.07) is 5.49. The first-order valence-electron chi connectivity index (χ1n) is 6.70. The number of carbonyl (C=O) groups is 1. The average molecular weight is 317 g/mol. The summed E-state index contributed by atoms with van der Waals surface area (Å²) < 4.78 is 0. The Morgan fingerprint density at radius 2 is 2.00 bits per heavy atom. The summed E-state index contributed by atoms with van der Waals surface area (Å²) >= 11 is 12.0. The maximum absolute atomic E-state index is 12.1. The van der Waals surface area contributed by atoms with Gasteiger partial charge >= 0.3 is 0 Å². The van der Waals surface area contributed by atoms with Crippen LogP contribution >= 0.6 is 23.2 Å². The summed E-state index contributed by atoms with van der Waals surface area (Å²) in [7, 11) is 0. The number of nitrogens with one attached hydrogen (secondary N) is 1. The number of carbonyl (C=O) groups excluding carboxylic acids is 1. The fourth-order valence-electron chi connectivity index (χ4n) is 2.25. The maximum atomic E-state index is 12.1. The zero-order valence-corrected chi connectivity index (χ0v) is 12.6. The van der Waals surface area contributed by atoms with Gasteiger partial charge in [-0.3, -0.25) is 9.69 Å². The highest BCUT2D eigenvalue weighted by molar-refractivity contribution is 6.39. The van der Waals surface area contributed by atoms with Gasteiger partial charge in [0.15, 0.2) is 0 Å². The molecule has 2 N–H and O–H groups in total. The number of aliphatic hydroxyl groups is 1. The summed E-state index contributed by atoms with van der Waals surface area (Å²) in [4.78, 5) is 14.1. The molecule has 1 aliphatic rings. The molecule has 0 atom stereocenters. The highest BCUT2D eigenvalue weighted by Gasteiger charge is 2.26. The number of rotatable bonds is 6. The Morgan fingerprint density at radius 3 is 2.50 bits per heavy atom. The summed E-state index contributed by atoms with van der Waals surface area (Å²) in [6.07, 6.45) is 3.35. The molecule has 1 aromatic rings. The molecular formula is C14H18Cl2N2O2. The van der Waals surface area contributed by atoms with Crippen LogP contribution in [0.5, 0.6) is 0 Å². The molecule has 0 heterocycles. The lowest BCUT2D eigenvalue weighted by Crippen LogP contribution is -2.45. The van der Waals surface area contributed by atoms with E-state index in [1.165, 1.54) is 6.42 Å². The van der Waals surface area contributed by atoms with Crippen molar-refractivity contribution in [2.45, 2.75) is 25.3 Å². The van der Waals surface area contributed by atoms with Gasteiger partial charge < -0.3 is 10.4 Å². The van der Waals surface area contributed by atoms with Crippen LogP contribution in [0.15, 0.2) is 18.2 Å². The van der Waals surface area contributed by atoms with E-state index in [4.69, 9.17) is 28.3 Å². The number of aliphatic hydroxyl groups excluding tert-OH is 1. The molecule has 0 saturated heterocycles. The van der Waals surface area contributed by atoms with E-state index in [9.17, 15) is 4.79 Å². The number of anilines is 1. The number of halogens is 2. The van der Waals surface area contributed by atoms with Gasteiger partial charge in [0.1, 0.15) is 0 Å². The Bertz CT molecular complexity index is 458. The standard InChI is InChI=1S/C14H18Cl2N2O2/c15-11-5-2-6-12(16)14(11)17-13(20)9-18(7-8-19)10-3-1-4-10/h2,5-6,10,19H,1,3-4,7-9H2,(H,17,20). The molecule has 2 rings (SSSR count). The first-order chi connectivity index (χ1) is 9.61. The minimum atomic E-state index is -0.166. The van der Waals surface area contributed by atoms with Crippen LogP contribution in [0.25, 0.3) is 0 Å². The van der Waals surface area contributed by atoms with Crippen LogP contribution < -0.4 is 5.32 Å². The van der Waals surface area contributed by atoms with E-state index in [1.54, 1.807) is 18.2 Å². The van der Waals surface area contributed by atoms with Crippen molar-refractivity contribution in [1.82, 2.24) is 4.90 Å². The van der Waals surface area contributed by atoms with Crippen molar-refractivity contribution in [1.29, 1.82) is 0 Å².